The van der Waals surface area contributed by atoms with E-state index in [1.807, 2.05) is 37.3 Å². The number of benzene rings is 2. The smallest absolute Gasteiger partial charge is 0.497 e. The monoisotopic (exact) mass is 488 g/mol. The number of anilines is 1. The first-order valence-electron chi connectivity index (χ1n) is 11.1. The van der Waals surface area contributed by atoms with E-state index < -0.39 is 41.6 Å². The zero-order valence-corrected chi connectivity index (χ0v) is 18.9. The third-order valence-electron chi connectivity index (χ3n) is 6.85. The molecule has 2 aromatic carbocycles. The van der Waals surface area contributed by atoms with Crippen LogP contribution in [0.3, 0.4) is 0 Å². The van der Waals surface area contributed by atoms with Gasteiger partial charge in [-0.3, -0.25) is 9.59 Å². The topological polar surface area (TPSA) is 77.1 Å². The standard InChI is InChI=1S/C25H23F3N2O5/c1-14(15-3-7-17(33-2)8-4-15)30-13-24-12-11-19(35-24)20(21(24)23(30)32)22(31)29-16-5-9-18(10-6-16)34-25(26,27)28/h3-12,14,19-21H,13H2,1-2H3,(H,29,31)/t14?,19-,20?,21?,24?/m0/s1. The quantitative estimate of drug-likeness (QED) is 0.621. The summed E-state index contributed by atoms with van der Waals surface area (Å²) in [5.41, 5.74) is 0.338. The zero-order valence-electron chi connectivity index (χ0n) is 18.9. The first-order chi connectivity index (χ1) is 16.6. The Morgan fingerprint density at radius 1 is 1.14 bits per heavy atom. The Labute approximate surface area is 199 Å². The maximum atomic E-state index is 13.5. The van der Waals surface area contributed by atoms with Gasteiger partial charge >= 0.3 is 6.36 Å². The number of carbonyl (C=O) groups excluding carboxylic acids is 2. The van der Waals surface area contributed by atoms with Crippen LogP contribution < -0.4 is 14.8 Å². The molecule has 2 bridgehead atoms. The van der Waals surface area contributed by atoms with E-state index >= 15 is 0 Å². The molecule has 10 heteroatoms. The van der Waals surface area contributed by atoms with Crippen LogP contribution in [0.1, 0.15) is 18.5 Å². The number of methoxy groups -OCH3 is 1. The maximum Gasteiger partial charge on any atom is 0.573 e. The fourth-order valence-corrected chi connectivity index (χ4v) is 5.18. The molecule has 0 aromatic heterocycles. The summed E-state index contributed by atoms with van der Waals surface area (Å²) in [5, 5.41) is 2.70. The predicted molar refractivity (Wildman–Crippen MR) is 119 cm³/mol. The lowest BCUT2D eigenvalue weighted by atomic mass is 9.76. The molecule has 3 aliphatic heterocycles. The molecule has 2 saturated heterocycles. The lowest BCUT2D eigenvalue weighted by molar-refractivity contribution is -0.274. The van der Waals surface area contributed by atoms with Crippen molar-refractivity contribution in [1.29, 1.82) is 0 Å². The van der Waals surface area contributed by atoms with Crippen LogP contribution in [-0.2, 0) is 14.3 Å². The number of nitrogens with zero attached hydrogens (tertiary/aromatic N) is 1. The molecule has 1 spiro atoms. The van der Waals surface area contributed by atoms with Gasteiger partial charge in [0, 0.05) is 5.69 Å². The second-order valence-corrected chi connectivity index (χ2v) is 8.88. The number of hydrogen-bond acceptors (Lipinski definition) is 5. The number of halogens is 3. The Balaban J connectivity index is 1.32. The molecule has 1 N–H and O–H groups in total. The van der Waals surface area contributed by atoms with Crippen molar-refractivity contribution >= 4 is 17.5 Å². The van der Waals surface area contributed by atoms with Gasteiger partial charge in [0.05, 0.1) is 37.6 Å². The summed E-state index contributed by atoms with van der Waals surface area (Å²) in [5.74, 6) is -1.73. The zero-order chi connectivity index (χ0) is 25.0. The van der Waals surface area contributed by atoms with Crippen LogP contribution in [0, 0.1) is 11.8 Å². The van der Waals surface area contributed by atoms with E-state index in [1.54, 1.807) is 18.1 Å². The highest BCUT2D eigenvalue weighted by Crippen LogP contribution is 2.53. The minimum absolute atomic E-state index is 0.172. The SMILES string of the molecule is COc1ccc(C(C)N2CC34C=C[C@H](O3)C(C(=O)Nc3ccc(OC(F)(F)F)cc3)C4C2=O)cc1. The fourth-order valence-electron chi connectivity index (χ4n) is 5.18. The third kappa shape index (κ3) is 4.12. The van der Waals surface area contributed by atoms with Crippen molar-refractivity contribution in [1.82, 2.24) is 4.90 Å². The van der Waals surface area contributed by atoms with Gasteiger partial charge in [0.2, 0.25) is 11.8 Å². The van der Waals surface area contributed by atoms with E-state index in [-0.39, 0.29) is 11.9 Å². The summed E-state index contributed by atoms with van der Waals surface area (Å²) < 4.78 is 52.4. The highest BCUT2D eigenvalue weighted by atomic mass is 19.4. The van der Waals surface area contributed by atoms with Gasteiger partial charge in [-0.1, -0.05) is 24.3 Å². The molecule has 0 saturated carbocycles. The van der Waals surface area contributed by atoms with Crippen molar-refractivity contribution in [2.24, 2.45) is 11.8 Å². The normalized spacial score (nSPS) is 27.6. The summed E-state index contributed by atoms with van der Waals surface area (Å²) >= 11 is 0. The van der Waals surface area contributed by atoms with Crippen molar-refractivity contribution in [2.45, 2.75) is 31.0 Å². The molecule has 7 nitrogen and oxygen atoms in total. The van der Waals surface area contributed by atoms with Gasteiger partial charge in [0.25, 0.3) is 0 Å². The van der Waals surface area contributed by atoms with Crippen molar-refractivity contribution in [3.8, 4) is 11.5 Å². The maximum absolute atomic E-state index is 13.5. The molecule has 5 rings (SSSR count). The highest BCUT2D eigenvalue weighted by Gasteiger charge is 2.67. The third-order valence-corrected chi connectivity index (χ3v) is 6.85. The van der Waals surface area contributed by atoms with Gasteiger partial charge in [-0.15, -0.1) is 13.2 Å². The summed E-state index contributed by atoms with van der Waals surface area (Å²) in [6, 6.07) is 12.1. The van der Waals surface area contributed by atoms with E-state index in [4.69, 9.17) is 9.47 Å². The van der Waals surface area contributed by atoms with Crippen molar-refractivity contribution in [3.05, 3.63) is 66.2 Å². The number of likely N-dealkylation sites (tertiary alicyclic amines) is 1. The summed E-state index contributed by atoms with van der Waals surface area (Å²) in [7, 11) is 1.58. The van der Waals surface area contributed by atoms with Gasteiger partial charge in [0.1, 0.15) is 17.1 Å². The molecular formula is C25H23F3N2O5. The summed E-state index contributed by atoms with van der Waals surface area (Å²) in [6.07, 6.45) is -1.68. The summed E-state index contributed by atoms with van der Waals surface area (Å²) in [6.45, 7) is 2.25. The van der Waals surface area contributed by atoms with Gasteiger partial charge in [-0.05, 0) is 48.9 Å². The Hall–Kier alpha value is -3.53. The van der Waals surface area contributed by atoms with Crippen LogP contribution in [0.4, 0.5) is 18.9 Å². The number of alkyl halides is 3. The molecule has 2 aromatic rings. The number of fused-ring (bicyclic) bond motifs is 1. The van der Waals surface area contributed by atoms with Crippen LogP contribution >= 0.6 is 0 Å². The first kappa shape index (κ1) is 23.2. The minimum Gasteiger partial charge on any atom is -0.497 e. The van der Waals surface area contributed by atoms with Gasteiger partial charge in [-0.25, -0.2) is 0 Å². The molecule has 0 radical (unpaired) electrons. The Morgan fingerprint density at radius 3 is 2.43 bits per heavy atom. The number of ether oxygens (including phenoxy) is 3. The van der Waals surface area contributed by atoms with Gasteiger partial charge < -0.3 is 24.4 Å². The van der Waals surface area contributed by atoms with E-state index in [2.05, 4.69) is 10.1 Å². The second-order valence-electron chi connectivity index (χ2n) is 8.88. The van der Waals surface area contributed by atoms with E-state index in [1.165, 1.54) is 12.1 Å². The number of nitrogens with one attached hydrogen (secondary N) is 1. The molecule has 0 aliphatic carbocycles. The fraction of sp³-hybridized carbons (Fsp3) is 0.360. The number of amides is 2. The summed E-state index contributed by atoms with van der Waals surface area (Å²) in [4.78, 5) is 28.5. The largest absolute Gasteiger partial charge is 0.573 e. The van der Waals surface area contributed by atoms with Crippen LogP contribution in [0.15, 0.2) is 60.7 Å². The highest BCUT2D eigenvalue weighted by molar-refractivity contribution is 5.99. The molecule has 3 heterocycles. The average Bonchev–Trinajstić information content (AvgIpc) is 3.47. The second kappa shape index (κ2) is 8.30. The van der Waals surface area contributed by atoms with Crippen LogP contribution in [-0.4, -0.2) is 48.4 Å². The van der Waals surface area contributed by atoms with E-state index in [9.17, 15) is 22.8 Å². The number of rotatable bonds is 6. The van der Waals surface area contributed by atoms with Crippen molar-refractivity contribution in [3.63, 3.8) is 0 Å². The number of hydrogen-bond donors (Lipinski definition) is 1. The molecule has 35 heavy (non-hydrogen) atoms. The molecule has 2 fully saturated rings. The molecule has 4 unspecified atom stereocenters. The molecular weight excluding hydrogens is 465 g/mol. The minimum atomic E-state index is -4.80. The Bertz CT molecular complexity index is 1170. The molecule has 2 amide bonds. The Kier molecular flexibility index (Phi) is 5.51. The van der Waals surface area contributed by atoms with E-state index in [0.717, 1.165) is 17.7 Å². The van der Waals surface area contributed by atoms with Crippen molar-refractivity contribution < 1.29 is 37.0 Å². The van der Waals surface area contributed by atoms with Crippen LogP contribution in [0.5, 0.6) is 11.5 Å². The first-order valence-corrected chi connectivity index (χ1v) is 11.1. The van der Waals surface area contributed by atoms with Crippen LogP contribution in [0.2, 0.25) is 0 Å². The molecule has 3 aliphatic rings. The lowest BCUT2D eigenvalue weighted by Crippen LogP contribution is -2.41. The average molecular weight is 488 g/mol. The molecule has 184 valence electrons. The molecule has 5 atom stereocenters. The lowest BCUT2D eigenvalue weighted by Gasteiger charge is -2.28. The van der Waals surface area contributed by atoms with Crippen molar-refractivity contribution in [2.75, 3.05) is 19.0 Å². The van der Waals surface area contributed by atoms with Gasteiger partial charge in [0.15, 0.2) is 0 Å². The predicted octanol–water partition coefficient (Wildman–Crippen LogP) is 4.08. The van der Waals surface area contributed by atoms with Crippen LogP contribution in [0.25, 0.3) is 0 Å². The van der Waals surface area contributed by atoms with Gasteiger partial charge in [-0.2, -0.15) is 0 Å². The number of carbonyl (C=O) groups is 2. The Morgan fingerprint density at radius 2 is 1.80 bits per heavy atom. The van der Waals surface area contributed by atoms with E-state index in [0.29, 0.717) is 18.0 Å².